The van der Waals surface area contributed by atoms with Crippen molar-refractivity contribution in [3.05, 3.63) is 30.0 Å². The molecule has 1 aromatic carbocycles. The highest BCUT2D eigenvalue weighted by Gasteiger charge is 2.05. The van der Waals surface area contributed by atoms with E-state index in [0.29, 0.717) is 13.0 Å². The molecule has 3 heteroatoms. The van der Waals surface area contributed by atoms with Crippen molar-refractivity contribution in [2.75, 3.05) is 6.61 Å². The molecule has 2 aromatic rings. The SMILES string of the molecule is CCOc1cccc2cc(CC=O)[nH]c12. The van der Waals surface area contributed by atoms with Crippen LogP contribution in [0.1, 0.15) is 12.6 Å². The van der Waals surface area contributed by atoms with E-state index in [1.807, 2.05) is 31.2 Å². The fourth-order valence-electron chi connectivity index (χ4n) is 1.66. The van der Waals surface area contributed by atoms with Crippen LogP contribution < -0.4 is 4.74 Å². The molecule has 0 saturated heterocycles. The summed E-state index contributed by atoms with van der Waals surface area (Å²) in [7, 11) is 0. The third-order valence-electron chi connectivity index (χ3n) is 2.28. The minimum atomic E-state index is 0.417. The maximum Gasteiger partial charge on any atom is 0.143 e. The van der Waals surface area contributed by atoms with Gasteiger partial charge < -0.3 is 14.5 Å². The Morgan fingerprint density at radius 3 is 3.07 bits per heavy atom. The van der Waals surface area contributed by atoms with Crippen LogP contribution in [0.4, 0.5) is 0 Å². The number of benzene rings is 1. The van der Waals surface area contributed by atoms with Crippen LogP contribution in [-0.4, -0.2) is 17.9 Å². The van der Waals surface area contributed by atoms with Crippen LogP contribution in [0, 0.1) is 0 Å². The minimum absolute atomic E-state index is 0.417. The average Bonchev–Trinajstić information content (AvgIpc) is 2.62. The lowest BCUT2D eigenvalue weighted by Crippen LogP contribution is -1.92. The van der Waals surface area contributed by atoms with E-state index in [9.17, 15) is 4.79 Å². The number of fused-ring (bicyclic) bond motifs is 1. The highest BCUT2D eigenvalue weighted by Crippen LogP contribution is 2.25. The first-order chi connectivity index (χ1) is 7.35. The number of rotatable bonds is 4. The first-order valence-corrected chi connectivity index (χ1v) is 5.02. The highest BCUT2D eigenvalue weighted by molar-refractivity contribution is 5.86. The van der Waals surface area contributed by atoms with Gasteiger partial charge in [0, 0.05) is 17.5 Å². The number of para-hydroxylation sites is 1. The van der Waals surface area contributed by atoms with Gasteiger partial charge in [-0.15, -0.1) is 0 Å². The Bertz CT molecular complexity index is 473. The van der Waals surface area contributed by atoms with Crippen LogP contribution in [-0.2, 0) is 11.2 Å². The van der Waals surface area contributed by atoms with Gasteiger partial charge in [0.1, 0.15) is 12.0 Å². The Labute approximate surface area is 88.1 Å². The van der Waals surface area contributed by atoms with Gasteiger partial charge in [0.15, 0.2) is 0 Å². The molecule has 0 fully saturated rings. The van der Waals surface area contributed by atoms with Crippen molar-refractivity contribution >= 4 is 17.2 Å². The zero-order valence-corrected chi connectivity index (χ0v) is 8.62. The van der Waals surface area contributed by atoms with Gasteiger partial charge in [-0.1, -0.05) is 12.1 Å². The van der Waals surface area contributed by atoms with Gasteiger partial charge in [0.25, 0.3) is 0 Å². The van der Waals surface area contributed by atoms with Gasteiger partial charge in [-0.3, -0.25) is 0 Å². The van der Waals surface area contributed by atoms with Gasteiger partial charge in [-0.25, -0.2) is 0 Å². The summed E-state index contributed by atoms with van der Waals surface area (Å²) in [5.41, 5.74) is 1.89. The Hall–Kier alpha value is -1.77. The summed E-state index contributed by atoms with van der Waals surface area (Å²) >= 11 is 0. The second-order valence-electron chi connectivity index (χ2n) is 3.32. The van der Waals surface area contributed by atoms with E-state index in [-0.39, 0.29) is 0 Å². The van der Waals surface area contributed by atoms with E-state index < -0.39 is 0 Å². The smallest absolute Gasteiger partial charge is 0.143 e. The fourth-order valence-corrected chi connectivity index (χ4v) is 1.66. The van der Waals surface area contributed by atoms with Crippen LogP contribution in [0.15, 0.2) is 24.3 Å². The van der Waals surface area contributed by atoms with E-state index in [4.69, 9.17) is 4.74 Å². The number of hydrogen-bond acceptors (Lipinski definition) is 2. The zero-order chi connectivity index (χ0) is 10.7. The third-order valence-corrected chi connectivity index (χ3v) is 2.28. The van der Waals surface area contributed by atoms with Crippen molar-refractivity contribution in [1.29, 1.82) is 0 Å². The van der Waals surface area contributed by atoms with E-state index in [1.165, 1.54) is 0 Å². The first-order valence-electron chi connectivity index (χ1n) is 5.02. The fraction of sp³-hybridized carbons (Fsp3) is 0.250. The number of carbonyl (C=O) groups is 1. The number of nitrogens with one attached hydrogen (secondary N) is 1. The lowest BCUT2D eigenvalue weighted by molar-refractivity contribution is -0.107. The van der Waals surface area contributed by atoms with Gasteiger partial charge in [0.2, 0.25) is 0 Å². The van der Waals surface area contributed by atoms with Crippen molar-refractivity contribution in [3.8, 4) is 5.75 Å². The molecule has 0 aliphatic heterocycles. The van der Waals surface area contributed by atoms with Crippen LogP contribution in [0.25, 0.3) is 10.9 Å². The molecule has 0 amide bonds. The molecule has 0 atom stereocenters. The second kappa shape index (κ2) is 4.17. The summed E-state index contributed by atoms with van der Waals surface area (Å²) in [5, 5.41) is 1.08. The van der Waals surface area contributed by atoms with Crippen molar-refractivity contribution in [3.63, 3.8) is 0 Å². The normalized spacial score (nSPS) is 10.5. The van der Waals surface area contributed by atoms with E-state index in [1.54, 1.807) is 0 Å². The zero-order valence-electron chi connectivity index (χ0n) is 8.62. The maximum atomic E-state index is 10.4. The van der Waals surface area contributed by atoms with E-state index >= 15 is 0 Å². The van der Waals surface area contributed by atoms with E-state index in [0.717, 1.165) is 28.6 Å². The number of ether oxygens (including phenoxy) is 1. The van der Waals surface area contributed by atoms with Crippen LogP contribution in [0.2, 0.25) is 0 Å². The van der Waals surface area contributed by atoms with Crippen LogP contribution in [0.3, 0.4) is 0 Å². The van der Waals surface area contributed by atoms with E-state index in [2.05, 4.69) is 4.98 Å². The van der Waals surface area contributed by atoms with Crippen LogP contribution >= 0.6 is 0 Å². The van der Waals surface area contributed by atoms with Gasteiger partial charge >= 0.3 is 0 Å². The predicted octanol–water partition coefficient (Wildman–Crippen LogP) is 2.31. The molecule has 0 aliphatic rings. The molecule has 15 heavy (non-hydrogen) atoms. The summed E-state index contributed by atoms with van der Waals surface area (Å²) in [5.74, 6) is 0.840. The Kier molecular flexibility index (Phi) is 2.72. The molecule has 0 aliphatic carbocycles. The highest BCUT2D eigenvalue weighted by atomic mass is 16.5. The number of aromatic amines is 1. The molecular formula is C12H13NO2. The van der Waals surface area contributed by atoms with Crippen molar-refractivity contribution < 1.29 is 9.53 Å². The first kappa shape index (κ1) is 9.77. The quantitative estimate of drug-likeness (QED) is 0.775. The molecule has 2 rings (SSSR count). The van der Waals surface area contributed by atoms with Crippen molar-refractivity contribution in [2.45, 2.75) is 13.3 Å². The molecule has 0 spiro atoms. The summed E-state index contributed by atoms with van der Waals surface area (Å²) in [6.07, 6.45) is 1.31. The molecule has 0 radical (unpaired) electrons. The molecule has 78 valence electrons. The van der Waals surface area contributed by atoms with Gasteiger partial charge in [-0.2, -0.15) is 0 Å². The number of aldehydes is 1. The van der Waals surface area contributed by atoms with Crippen molar-refractivity contribution in [1.82, 2.24) is 4.98 Å². The molecule has 0 bridgehead atoms. The largest absolute Gasteiger partial charge is 0.492 e. The Morgan fingerprint density at radius 2 is 2.33 bits per heavy atom. The molecule has 0 unspecified atom stereocenters. The molecule has 0 saturated carbocycles. The molecule has 1 heterocycles. The van der Waals surface area contributed by atoms with Crippen molar-refractivity contribution in [2.24, 2.45) is 0 Å². The number of aromatic nitrogens is 1. The molecular weight excluding hydrogens is 190 g/mol. The molecule has 1 aromatic heterocycles. The minimum Gasteiger partial charge on any atom is -0.492 e. The topological polar surface area (TPSA) is 42.1 Å². The lowest BCUT2D eigenvalue weighted by atomic mass is 10.2. The number of hydrogen-bond donors (Lipinski definition) is 1. The third kappa shape index (κ3) is 1.86. The number of H-pyrrole nitrogens is 1. The Balaban J connectivity index is 2.48. The summed E-state index contributed by atoms with van der Waals surface area (Å²) in [4.78, 5) is 13.6. The monoisotopic (exact) mass is 203 g/mol. The molecule has 1 N–H and O–H groups in total. The number of carbonyl (C=O) groups excluding carboxylic acids is 1. The van der Waals surface area contributed by atoms with Gasteiger partial charge in [0.05, 0.1) is 12.1 Å². The predicted molar refractivity (Wildman–Crippen MR) is 59.2 cm³/mol. The Morgan fingerprint density at radius 1 is 1.47 bits per heavy atom. The maximum absolute atomic E-state index is 10.4. The summed E-state index contributed by atoms with van der Waals surface area (Å²) in [6, 6.07) is 7.85. The summed E-state index contributed by atoms with van der Waals surface area (Å²) in [6.45, 7) is 2.59. The summed E-state index contributed by atoms with van der Waals surface area (Å²) < 4.78 is 5.49. The average molecular weight is 203 g/mol. The van der Waals surface area contributed by atoms with Crippen LogP contribution in [0.5, 0.6) is 5.75 Å². The second-order valence-corrected chi connectivity index (χ2v) is 3.32. The lowest BCUT2D eigenvalue weighted by Gasteiger charge is -2.03. The van der Waals surface area contributed by atoms with Gasteiger partial charge in [-0.05, 0) is 19.1 Å². The standard InChI is InChI=1S/C12H13NO2/c1-2-15-11-5-3-4-9-8-10(6-7-14)13-12(9)11/h3-5,7-8,13H,2,6H2,1H3. The molecule has 3 nitrogen and oxygen atoms in total.